The number of likely N-dealkylation sites (tertiary alicyclic amines) is 1. The highest BCUT2D eigenvalue weighted by Gasteiger charge is 2.32. The van der Waals surface area contributed by atoms with Crippen molar-refractivity contribution in [2.75, 3.05) is 25.5 Å². The molecule has 5 nitrogen and oxygen atoms in total. The maximum Gasteiger partial charge on any atom is 0.134 e. The van der Waals surface area contributed by atoms with Gasteiger partial charge in [-0.05, 0) is 45.7 Å². The number of hydrogen-bond acceptors (Lipinski definition) is 5. The van der Waals surface area contributed by atoms with Crippen molar-refractivity contribution in [2.24, 2.45) is 0 Å². The number of aryl methyl sites for hydroxylation is 1. The fourth-order valence-corrected chi connectivity index (χ4v) is 3.91. The molecule has 0 bridgehead atoms. The monoisotopic (exact) mass is 304 g/mol. The van der Waals surface area contributed by atoms with Crippen molar-refractivity contribution in [1.82, 2.24) is 14.9 Å². The molecule has 0 spiro atoms. The molecule has 1 saturated carbocycles. The number of rotatable bonds is 3. The van der Waals surface area contributed by atoms with Crippen LogP contribution in [0.3, 0.4) is 0 Å². The van der Waals surface area contributed by atoms with Gasteiger partial charge in [0.25, 0.3) is 0 Å². The Morgan fingerprint density at radius 2 is 1.86 bits per heavy atom. The number of nitrogens with one attached hydrogen (secondary N) is 1. The molecule has 0 aromatic carbocycles. The van der Waals surface area contributed by atoms with E-state index in [2.05, 4.69) is 20.2 Å². The van der Waals surface area contributed by atoms with Gasteiger partial charge in [-0.15, -0.1) is 0 Å². The quantitative estimate of drug-likeness (QED) is 0.897. The minimum atomic E-state index is -0.128. The third-order valence-corrected chi connectivity index (χ3v) is 5.19. The van der Waals surface area contributed by atoms with Gasteiger partial charge < -0.3 is 10.4 Å². The highest BCUT2D eigenvalue weighted by Crippen LogP contribution is 2.31. The number of aromatic nitrogens is 2. The summed E-state index contributed by atoms with van der Waals surface area (Å²) >= 11 is 0. The molecule has 0 unspecified atom stereocenters. The molecule has 1 aromatic heterocycles. The van der Waals surface area contributed by atoms with Gasteiger partial charge >= 0.3 is 0 Å². The topological polar surface area (TPSA) is 61.3 Å². The second-order valence-corrected chi connectivity index (χ2v) is 6.73. The molecule has 122 valence electrons. The molecule has 2 N–H and O–H groups in total. The van der Waals surface area contributed by atoms with E-state index >= 15 is 0 Å². The number of hydrogen-bond donors (Lipinski definition) is 2. The standard InChI is InChI=1S/C17H28N4O/c1-12-11-16(18-2)20-17(19-12)13-7-9-21(10-8-13)14-5-3-4-6-15(14)22/h11,13-15,22H,3-10H2,1-2H3,(H,18,19,20)/t14-,15-/m1/s1. The van der Waals surface area contributed by atoms with Crippen LogP contribution < -0.4 is 5.32 Å². The van der Waals surface area contributed by atoms with E-state index in [4.69, 9.17) is 0 Å². The summed E-state index contributed by atoms with van der Waals surface area (Å²) in [6.45, 7) is 4.14. The van der Waals surface area contributed by atoms with E-state index in [-0.39, 0.29) is 6.10 Å². The van der Waals surface area contributed by atoms with Crippen molar-refractivity contribution in [3.8, 4) is 0 Å². The molecule has 1 aliphatic carbocycles. The molecule has 2 fully saturated rings. The van der Waals surface area contributed by atoms with Crippen LogP contribution in [0.15, 0.2) is 6.07 Å². The van der Waals surface area contributed by atoms with E-state index in [0.29, 0.717) is 12.0 Å². The first-order valence-electron chi connectivity index (χ1n) is 8.63. The maximum atomic E-state index is 10.2. The van der Waals surface area contributed by atoms with Crippen molar-refractivity contribution < 1.29 is 5.11 Å². The zero-order valence-corrected chi connectivity index (χ0v) is 13.8. The Labute approximate surface area is 133 Å². The lowest BCUT2D eigenvalue weighted by atomic mass is 9.88. The zero-order chi connectivity index (χ0) is 15.5. The van der Waals surface area contributed by atoms with E-state index in [9.17, 15) is 5.11 Å². The predicted molar refractivity (Wildman–Crippen MR) is 88.1 cm³/mol. The molecule has 0 amide bonds. The van der Waals surface area contributed by atoms with Crippen LogP contribution in [0.2, 0.25) is 0 Å². The Hall–Kier alpha value is -1.20. The third-order valence-electron chi connectivity index (χ3n) is 5.19. The first kappa shape index (κ1) is 15.7. The van der Waals surface area contributed by atoms with Crippen molar-refractivity contribution in [3.63, 3.8) is 0 Å². The smallest absolute Gasteiger partial charge is 0.134 e. The lowest BCUT2D eigenvalue weighted by Gasteiger charge is -2.41. The van der Waals surface area contributed by atoms with Crippen LogP contribution >= 0.6 is 0 Å². The molecule has 2 aliphatic rings. The molecule has 1 aromatic rings. The van der Waals surface area contributed by atoms with Crippen LogP contribution in [0.4, 0.5) is 5.82 Å². The summed E-state index contributed by atoms with van der Waals surface area (Å²) in [4.78, 5) is 11.8. The van der Waals surface area contributed by atoms with Crippen LogP contribution in [0.1, 0.15) is 56.0 Å². The molecular formula is C17H28N4O. The van der Waals surface area contributed by atoms with E-state index in [1.165, 1.54) is 12.8 Å². The second-order valence-electron chi connectivity index (χ2n) is 6.73. The Morgan fingerprint density at radius 3 is 2.55 bits per heavy atom. The van der Waals surface area contributed by atoms with E-state index < -0.39 is 0 Å². The minimum absolute atomic E-state index is 0.128. The van der Waals surface area contributed by atoms with Gasteiger partial charge in [-0.25, -0.2) is 9.97 Å². The molecule has 22 heavy (non-hydrogen) atoms. The predicted octanol–water partition coefficient (Wildman–Crippen LogP) is 2.31. The summed E-state index contributed by atoms with van der Waals surface area (Å²) in [5.74, 6) is 2.34. The lowest BCUT2D eigenvalue weighted by Crippen LogP contribution is -2.48. The second kappa shape index (κ2) is 6.92. The van der Waals surface area contributed by atoms with E-state index in [1.54, 1.807) is 0 Å². The van der Waals surface area contributed by atoms with Gasteiger partial charge in [-0.1, -0.05) is 12.8 Å². The molecule has 1 saturated heterocycles. The molecule has 5 heteroatoms. The van der Waals surface area contributed by atoms with Gasteiger partial charge in [0.05, 0.1) is 6.10 Å². The van der Waals surface area contributed by atoms with Crippen molar-refractivity contribution in [3.05, 3.63) is 17.6 Å². The Bertz CT molecular complexity index is 499. The lowest BCUT2D eigenvalue weighted by molar-refractivity contribution is 0.00834. The number of aliphatic hydroxyl groups is 1. The summed E-state index contributed by atoms with van der Waals surface area (Å²) in [6, 6.07) is 2.36. The van der Waals surface area contributed by atoms with Crippen LogP contribution in [0.25, 0.3) is 0 Å². The summed E-state index contributed by atoms with van der Waals surface area (Å²) in [6.07, 6.45) is 6.61. The van der Waals surface area contributed by atoms with Crippen LogP contribution in [-0.4, -0.2) is 52.3 Å². The number of anilines is 1. The third kappa shape index (κ3) is 3.41. The van der Waals surface area contributed by atoms with Gasteiger partial charge in [-0.3, -0.25) is 4.90 Å². The molecule has 2 heterocycles. The number of aliphatic hydroxyl groups excluding tert-OH is 1. The zero-order valence-electron chi connectivity index (χ0n) is 13.8. The average Bonchev–Trinajstić information content (AvgIpc) is 2.55. The van der Waals surface area contributed by atoms with Crippen molar-refractivity contribution in [2.45, 2.75) is 63.5 Å². The SMILES string of the molecule is CNc1cc(C)nc(C2CCN([C@@H]3CCCC[C@H]3O)CC2)n1. The Morgan fingerprint density at radius 1 is 1.14 bits per heavy atom. The molecule has 0 radical (unpaired) electrons. The van der Waals surface area contributed by atoms with Gasteiger partial charge in [0.2, 0.25) is 0 Å². The Balaban J connectivity index is 1.63. The van der Waals surface area contributed by atoms with Crippen LogP contribution in [0.5, 0.6) is 0 Å². The molecule has 3 rings (SSSR count). The summed E-state index contributed by atoms with van der Waals surface area (Å²) < 4.78 is 0. The van der Waals surface area contributed by atoms with Crippen molar-refractivity contribution in [1.29, 1.82) is 0 Å². The Kier molecular flexibility index (Phi) is 4.93. The first-order valence-corrected chi connectivity index (χ1v) is 8.63. The summed E-state index contributed by atoms with van der Waals surface area (Å²) in [5.41, 5.74) is 1.03. The summed E-state index contributed by atoms with van der Waals surface area (Å²) in [5, 5.41) is 13.4. The highest BCUT2D eigenvalue weighted by atomic mass is 16.3. The fourth-order valence-electron chi connectivity index (χ4n) is 3.91. The van der Waals surface area contributed by atoms with Crippen LogP contribution in [-0.2, 0) is 0 Å². The van der Waals surface area contributed by atoms with Crippen LogP contribution in [0, 0.1) is 6.92 Å². The van der Waals surface area contributed by atoms with E-state index in [1.807, 2.05) is 20.0 Å². The van der Waals surface area contributed by atoms with Gasteiger partial charge in [0.15, 0.2) is 0 Å². The normalized spacial score (nSPS) is 27.8. The molecule has 2 atom stereocenters. The van der Waals surface area contributed by atoms with Gasteiger partial charge in [0, 0.05) is 30.8 Å². The minimum Gasteiger partial charge on any atom is -0.391 e. The van der Waals surface area contributed by atoms with Gasteiger partial charge in [0.1, 0.15) is 11.6 Å². The molecule has 1 aliphatic heterocycles. The number of piperidine rings is 1. The average molecular weight is 304 g/mol. The molecular weight excluding hydrogens is 276 g/mol. The fraction of sp³-hybridized carbons (Fsp3) is 0.765. The van der Waals surface area contributed by atoms with Gasteiger partial charge in [-0.2, -0.15) is 0 Å². The first-order chi connectivity index (χ1) is 10.7. The maximum absolute atomic E-state index is 10.2. The van der Waals surface area contributed by atoms with E-state index in [0.717, 1.165) is 56.1 Å². The largest absolute Gasteiger partial charge is 0.391 e. The van der Waals surface area contributed by atoms with Crippen molar-refractivity contribution >= 4 is 5.82 Å². The summed E-state index contributed by atoms with van der Waals surface area (Å²) in [7, 11) is 1.90. The highest BCUT2D eigenvalue weighted by molar-refractivity contribution is 5.35. The number of nitrogens with zero attached hydrogens (tertiary/aromatic N) is 3.